The van der Waals surface area contributed by atoms with Crippen LogP contribution in [0.1, 0.15) is 29.3 Å². The summed E-state index contributed by atoms with van der Waals surface area (Å²) in [6.45, 7) is 2.02. The highest BCUT2D eigenvalue weighted by Crippen LogP contribution is 2.51. The predicted molar refractivity (Wildman–Crippen MR) is 154 cm³/mol. The Morgan fingerprint density at radius 2 is 1.61 bits per heavy atom. The van der Waals surface area contributed by atoms with Gasteiger partial charge >= 0.3 is 5.97 Å². The number of ether oxygens (including phenoxy) is 8. The maximum Gasteiger partial charge on any atom is 0.339 e. The summed E-state index contributed by atoms with van der Waals surface area (Å²) in [6.07, 6.45) is -3.38. The van der Waals surface area contributed by atoms with Crippen LogP contribution in [0.3, 0.4) is 0 Å². The summed E-state index contributed by atoms with van der Waals surface area (Å²) in [7, 11) is 6.25. The number of cyclic esters (lactones) is 1. The van der Waals surface area contributed by atoms with Gasteiger partial charge in [0.2, 0.25) is 18.8 Å². The number of aliphatic hydroxyl groups is 2. The number of rotatable bonds is 9. The summed E-state index contributed by atoms with van der Waals surface area (Å²) in [5.41, 5.74) is 1.55. The van der Waals surface area contributed by atoms with E-state index in [9.17, 15) is 20.1 Å². The smallest absolute Gasteiger partial charge is 0.339 e. The van der Waals surface area contributed by atoms with Gasteiger partial charge in [0.05, 0.1) is 32.5 Å². The van der Waals surface area contributed by atoms with Crippen LogP contribution in [-0.2, 0) is 20.8 Å². The molecule has 13 nitrogen and oxygen atoms in total. The number of benzene rings is 3. The van der Waals surface area contributed by atoms with Crippen molar-refractivity contribution in [2.75, 3.05) is 41.7 Å². The summed E-state index contributed by atoms with van der Waals surface area (Å²) < 4.78 is 45.2. The number of methoxy groups -OCH3 is 2. The molecule has 3 aromatic carbocycles. The van der Waals surface area contributed by atoms with Gasteiger partial charge in [-0.05, 0) is 62.7 Å². The quantitative estimate of drug-likeness (QED) is 0.240. The number of nitrogens with zero attached hydrogens (tertiary/aromatic N) is 1. The number of esters is 1. The molecule has 0 aromatic heterocycles. The number of phenols is 1. The average molecular weight is 614 g/mol. The number of hydrogen-bond acceptors (Lipinski definition) is 13. The molecule has 44 heavy (non-hydrogen) atoms. The van der Waals surface area contributed by atoms with Crippen molar-refractivity contribution in [1.29, 1.82) is 0 Å². The van der Waals surface area contributed by atoms with E-state index in [1.54, 1.807) is 50.2 Å². The topological polar surface area (TPSA) is 155 Å². The first-order valence-electron chi connectivity index (χ1n) is 14.1. The lowest BCUT2D eigenvalue weighted by Crippen LogP contribution is -2.56. The predicted octanol–water partition coefficient (Wildman–Crippen LogP) is 2.77. The zero-order chi connectivity index (χ0) is 31.3. The molecule has 13 heteroatoms. The Kier molecular flexibility index (Phi) is 8.07. The van der Waals surface area contributed by atoms with Crippen molar-refractivity contribution < 1.29 is 58.0 Å². The Balaban J connectivity index is 1.52. The van der Waals surface area contributed by atoms with Crippen molar-refractivity contribution in [2.45, 2.75) is 50.8 Å². The number of hydrogen-bond donors (Lipinski definition) is 3. The van der Waals surface area contributed by atoms with E-state index in [-0.39, 0.29) is 42.0 Å². The zero-order valence-corrected chi connectivity index (χ0v) is 25.0. The van der Waals surface area contributed by atoms with Crippen molar-refractivity contribution in [3.05, 3.63) is 35.4 Å². The molecule has 3 aromatic rings. The second-order valence-corrected chi connectivity index (χ2v) is 11.0. The van der Waals surface area contributed by atoms with Crippen molar-refractivity contribution in [3.63, 3.8) is 0 Å². The van der Waals surface area contributed by atoms with Gasteiger partial charge in [-0.2, -0.15) is 0 Å². The van der Waals surface area contributed by atoms with Crippen LogP contribution >= 0.6 is 0 Å². The van der Waals surface area contributed by atoms with Gasteiger partial charge in [-0.15, -0.1) is 0 Å². The highest BCUT2D eigenvalue weighted by atomic mass is 16.7. The van der Waals surface area contributed by atoms with Crippen LogP contribution in [0.2, 0.25) is 0 Å². The SMILES string of the molecule is COc1cc(-c2c3c(c(OC(O)C(C(O)C4CCOC(C)O4)N(C)C)c4cc5c(cc24)OCO5)COC3=O)cc(OC)c1O. The third kappa shape index (κ3) is 5.10. The van der Waals surface area contributed by atoms with E-state index in [1.165, 1.54) is 14.2 Å². The van der Waals surface area contributed by atoms with E-state index in [2.05, 4.69) is 0 Å². The van der Waals surface area contributed by atoms with Gasteiger partial charge in [0.15, 0.2) is 29.3 Å². The number of fused-ring (bicyclic) bond motifs is 3. The number of aromatic hydroxyl groups is 1. The van der Waals surface area contributed by atoms with Crippen LogP contribution < -0.4 is 23.7 Å². The fraction of sp³-hybridized carbons (Fsp3) is 0.452. The van der Waals surface area contributed by atoms with Crippen molar-refractivity contribution in [2.24, 2.45) is 0 Å². The molecule has 5 unspecified atom stereocenters. The van der Waals surface area contributed by atoms with Gasteiger partial charge in [0.1, 0.15) is 24.5 Å². The molecule has 0 spiro atoms. The van der Waals surface area contributed by atoms with E-state index in [0.29, 0.717) is 52.0 Å². The molecule has 1 saturated heterocycles. The Morgan fingerprint density at radius 3 is 2.23 bits per heavy atom. The minimum absolute atomic E-state index is 0.000830. The summed E-state index contributed by atoms with van der Waals surface area (Å²) in [5, 5.41) is 34.5. The second kappa shape index (κ2) is 11.8. The number of phenolic OH excluding ortho intramolecular Hbond substituents is 1. The van der Waals surface area contributed by atoms with Crippen molar-refractivity contribution in [3.8, 4) is 45.6 Å². The normalized spacial score (nSPS) is 21.1. The molecule has 3 aliphatic rings. The van der Waals surface area contributed by atoms with Crippen LogP contribution in [0.15, 0.2) is 24.3 Å². The summed E-state index contributed by atoms with van der Waals surface area (Å²) in [6, 6.07) is 5.69. The molecule has 3 heterocycles. The molecule has 0 bridgehead atoms. The minimum atomic E-state index is -1.56. The monoisotopic (exact) mass is 613 g/mol. The lowest BCUT2D eigenvalue weighted by atomic mass is 9.89. The summed E-state index contributed by atoms with van der Waals surface area (Å²) in [5.74, 6) is 0.554. The van der Waals surface area contributed by atoms with Crippen LogP contribution in [0.25, 0.3) is 21.9 Å². The van der Waals surface area contributed by atoms with Gasteiger partial charge in [-0.1, -0.05) is 0 Å². The summed E-state index contributed by atoms with van der Waals surface area (Å²) in [4.78, 5) is 15.0. The Labute approximate surface area is 253 Å². The summed E-state index contributed by atoms with van der Waals surface area (Å²) >= 11 is 0. The molecule has 6 rings (SSSR count). The van der Waals surface area contributed by atoms with Crippen LogP contribution in [-0.4, -0.2) is 98.7 Å². The molecule has 0 aliphatic carbocycles. The number of carbonyl (C=O) groups excluding carboxylic acids is 1. The highest BCUT2D eigenvalue weighted by Gasteiger charge is 2.40. The highest BCUT2D eigenvalue weighted by molar-refractivity contribution is 6.14. The van der Waals surface area contributed by atoms with E-state index >= 15 is 0 Å². The lowest BCUT2D eigenvalue weighted by molar-refractivity contribution is -0.239. The number of aliphatic hydroxyl groups excluding tert-OH is 2. The molecule has 1 fully saturated rings. The first-order valence-corrected chi connectivity index (χ1v) is 14.1. The molecule has 0 saturated carbocycles. The second-order valence-electron chi connectivity index (χ2n) is 11.0. The fourth-order valence-electron chi connectivity index (χ4n) is 6.04. The van der Waals surface area contributed by atoms with E-state index in [4.69, 9.17) is 37.9 Å². The molecule has 3 aliphatic heterocycles. The van der Waals surface area contributed by atoms with Crippen molar-refractivity contribution in [1.82, 2.24) is 4.90 Å². The van der Waals surface area contributed by atoms with Gasteiger partial charge in [-0.3, -0.25) is 4.90 Å². The number of carbonyl (C=O) groups is 1. The molecule has 0 amide bonds. The molecule has 236 valence electrons. The van der Waals surface area contributed by atoms with Crippen LogP contribution in [0, 0.1) is 0 Å². The Hall–Kier alpha value is -4.01. The van der Waals surface area contributed by atoms with Crippen LogP contribution in [0.4, 0.5) is 0 Å². The maximum absolute atomic E-state index is 13.4. The third-order valence-electron chi connectivity index (χ3n) is 8.15. The Morgan fingerprint density at radius 1 is 0.955 bits per heavy atom. The zero-order valence-electron chi connectivity index (χ0n) is 25.0. The molecule has 0 radical (unpaired) electrons. The minimum Gasteiger partial charge on any atom is -0.502 e. The number of likely N-dealkylation sites (N-methyl/N-ethyl adjacent to an activating group) is 1. The first-order chi connectivity index (χ1) is 21.1. The molecular formula is C31H35NO12. The largest absolute Gasteiger partial charge is 0.502 e. The molecular weight excluding hydrogens is 578 g/mol. The fourth-order valence-corrected chi connectivity index (χ4v) is 6.04. The maximum atomic E-state index is 13.4. The first kappa shape index (κ1) is 30.0. The molecule has 5 atom stereocenters. The third-order valence-corrected chi connectivity index (χ3v) is 8.15. The van der Waals surface area contributed by atoms with Gasteiger partial charge in [0.25, 0.3) is 0 Å². The van der Waals surface area contributed by atoms with Crippen LogP contribution in [0.5, 0.6) is 34.5 Å². The average Bonchev–Trinajstić information content (AvgIpc) is 3.62. The van der Waals surface area contributed by atoms with E-state index in [0.717, 1.165) is 0 Å². The van der Waals surface area contributed by atoms with Gasteiger partial charge < -0.3 is 53.2 Å². The van der Waals surface area contributed by atoms with E-state index in [1.807, 2.05) is 0 Å². The van der Waals surface area contributed by atoms with E-state index < -0.39 is 36.8 Å². The lowest BCUT2D eigenvalue weighted by Gasteiger charge is -2.39. The standard InChI is InChI=1S/C31H35NO12/c1-14-39-7-6-19(43-14)28(34)26(32(2)3)31(36)44-29-17-11-21-20(41-13-42-21)10-16(17)24(25-18(29)12-40-30(25)35)15-8-22(37-4)27(33)23(9-15)38-5/h8-11,14,19,26,28,31,33-34,36H,6-7,12-13H2,1-5H3. The van der Waals surface area contributed by atoms with Gasteiger partial charge in [0, 0.05) is 16.5 Å². The van der Waals surface area contributed by atoms with Crippen molar-refractivity contribution >= 4 is 16.7 Å². The Bertz CT molecular complexity index is 1570. The van der Waals surface area contributed by atoms with Gasteiger partial charge in [-0.25, -0.2) is 4.79 Å². The molecule has 3 N–H and O–H groups in total.